The van der Waals surface area contributed by atoms with Crippen molar-refractivity contribution in [3.63, 3.8) is 0 Å². The molecule has 0 bridgehead atoms. The van der Waals surface area contributed by atoms with Crippen molar-refractivity contribution in [2.45, 2.75) is 58.3 Å². The minimum absolute atomic E-state index is 0.0244. The minimum Gasteiger partial charge on any atom is -0.491 e. The predicted molar refractivity (Wildman–Crippen MR) is 93.1 cm³/mol. The van der Waals surface area contributed by atoms with Gasteiger partial charge in [-0.3, -0.25) is 4.90 Å². The third-order valence-electron chi connectivity index (χ3n) is 4.09. The van der Waals surface area contributed by atoms with Crippen LogP contribution in [0.2, 0.25) is 0 Å². The molecule has 130 valence electrons. The molecule has 0 saturated carbocycles. The first-order chi connectivity index (χ1) is 10.8. The van der Waals surface area contributed by atoms with Crippen LogP contribution in [0.1, 0.15) is 40.2 Å². The zero-order valence-electron chi connectivity index (χ0n) is 15.1. The molecule has 0 radical (unpaired) electrons. The number of aliphatic hydroxyl groups excluding tert-OH is 1. The van der Waals surface area contributed by atoms with Gasteiger partial charge < -0.3 is 14.6 Å². The Kier molecular flexibility index (Phi) is 6.06. The number of morpholine rings is 1. The summed E-state index contributed by atoms with van der Waals surface area (Å²) in [6.07, 6.45) is -0.0671. The maximum atomic E-state index is 10.3. The van der Waals surface area contributed by atoms with E-state index in [1.807, 2.05) is 18.2 Å². The number of aliphatic hydroxyl groups is 1. The third-order valence-corrected chi connectivity index (χ3v) is 4.09. The Morgan fingerprint density at radius 2 is 1.83 bits per heavy atom. The molecule has 1 aromatic carbocycles. The van der Waals surface area contributed by atoms with Crippen molar-refractivity contribution in [2.24, 2.45) is 0 Å². The fourth-order valence-electron chi connectivity index (χ4n) is 3.18. The summed E-state index contributed by atoms with van der Waals surface area (Å²) in [6, 6.07) is 8.07. The normalized spacial score (nSPS) is 24.4. The highest BCUT2D eigenvalue weighted by Gasteiger charge is 2.24. The average molecular weight is 321 g/mol. The van der Waals surface area contributed by atoms with E-state index in [1.54, 1.807) is 0 Å². The SMILES string of the molecule is C[C@@H]1CN(C[C@H](O)COc2ccccc2C(C)(C)C)C[C@H](C)O1. The Morgan fingerprint density at radius 3 is 2.43 bits per heavy atom. The number of hydrogen-bond donors (Lipinski definition) is 1. The van der Waals surface area contributed by atoms with Gasteiger partial charge in [0.2, 0.25) is 0 Å². The van der Waals surface area contributed by atoms with Crippen LogP contribution in [-0.2, 0) is 10.2 Å². The molecule has 4 heteroatoms. The monoisotopic (exact) mass is 321 g/mol. The summed E-state index contributed by atoms with van der Waals surface area (Å²) in [4.78, 5) is 2.25. The van der Waals surface area contributed by atoms with Gasteiger partial charge in [0.25, 0.3) is 0 Å². The number of benzene rings is 1. The highest BCUT2D eigenvalue weighted by Crippen LogP contribution is 2.31. The maximum Gasteiger partial charge on any atom is 0.123 e. The second-order valence-corrected chi connectivity index (χ2v) is 7.69. The molecule has 23 heavy (non-hydrogen) atoms. The molecule has 1 aromatic rings. The van der Waals surface area contributed by atoms with E-state index in [0.717, 1.165) is 18.8 Å². The quantitative estimate of drug-likeness (QED) is 0.905. The molecule has 1 N–H and O–H groups in total. The third kappa shape index (κ3) is 5.48. The van der Waals surface area contributed by atoms with E-state index in [0.29, 0.717) is 13.2 Å². The molecule has 1 saturated heterocycles. The fraction of sp³-hybridized carbons (Fsp3) is 0.684. The highest BCUT2D eigenvalue weighted by atomic mass is 16.5. The number of hydrogen-bond acceptors (Lipinski definition) is 4. The maximum absolute atomic E-state index is 10.3. The molecule has 0 spiro atoms. The van der Waals surface area contributed by atoms with Gasteiger partial charge in [0.15, 0.2) is 0 Å². The summed E-state index contributed by atoms with van der Waals surface area (Å²) in [7, 11) is 0. The van der Waals surface area contributed by atoms with E-state index in [-0.39, 0.29) is 17.6 Å². The molecule has 1 aliphatic heterocycles. The number of rotatable bonds is 5. The van der Waals surface area contributed by atoms with Crippen LogP contribution in [0.5, 0.6) is 5.75 Å². The van der Waals surface area contributed by atoms with E-state index in [9.17, 15) is 5.11 Å². The number of β-amino-alcohol motifs (C(OH)–C–C–N with tert-alkyl or cyclic N) is 1. The van der Waals surface area contributed by atoms with E-state index in [2.05, 4.69) is 45.6 Å². The van der Waals surface area contributed by atoms with Gasteiger partial charge in [0.05, 0.1) is 12.2 Å². The van der Waals surface area contributed by atoms with Crippen LogP contribution in [0.3, 0.4) is 0 Å². The van der Waals surface area contributed by atoms with Gasteiger partial charge in [-0.2, -0.15) is 0 Å². The molecule has 4 nitrogen and oxygen atoms in total. The second kappa shape index (κ2) is 7.65. The molecule has 0 aliphatic carbocycles. The Bertz CT molecular complexity index is 488. The van der Waals surface area contributed by atoms with Gasteiger partial charge in [-0.25, -0.2) is 0 Å². The lowest BCUT2D eigenvalue weighted by Gasteiger charge is -2.36. The van der Waals surface area contributed by atoms with Crippen molar-refractivity contribution in [1.29, 1.82) is 0 Å². The molecule has 0 amide bonds. The molecule has 0 aromatic heterocycles. The van der Waals surface area contributed by atoms with Crippen molar-refractivity contribution >= 4 is 0 Å². The van der Waals surface area contributed by atoms with Crippen molar-refractivity contribution in [1.82, 2.24) is 4.90 Å². The lowest BCUT2D eigenvalue weighted by molar-refractivity contribution is -0.0787. The Morgan fingerprint density at radius 1 is 1.22 bits per heavy atom. The molecule has 0 unspecified atom stereocenters. The summed E-state index contributed by atoms with van der Waals surface area (Å²) < 4.78 is 11.6. The number of ether oxygens (including phenoxy) is 2. The zero-order chi connectivity index (χ0) is 17.0. The smallest absolute Gasteiger partial charge is 0.123 e. The topological polar surface area (TPSA) is 41.9 Å². The van der Waals surface area contributed by atoms with Crippen molar-refractivity contribution in [3.05, 3.63) is 29.8 Å². The van der Waals surface area contributed by atoms with Crippen molar-refractivity contribution < 1.29 is 14.6 Å². The van der Waals surface area contributed by atoms with E-state index >= 15 is 0 Å². The van der Waals surface area contributed by atoms with E-state index in [4.69, 9.17) is 9.47 Å². The molecular formula is C19H31NO3. The van der Waals surface area contributed by atoms with Crippen molar-refractivity contribution in [3.8, 4) is 5.75 Å². The van der Waals surface area contributed by atoms with E-state index in [1.165, 1.54) is 5.56 Å². The minimum atomic E-state index is -0.500. The van der Waals surface area contributed by atoms with Gasteiger partial charge in [-0.05, 0) is 30.9 Å². The Hall–Kier alpha value is -1.10. The standard InChI is InChI=1S/C19H31NO3/c1-14-10-20(11-15(2)23-14)12-16(21)13-22-18-9-7-6-8-17(18)19(3,4)5/h6-9,14-16,21H,10-13H2,1-5H3/t14-,15+,16-/m0/s1. The molecule has 2 rings (SSSR count). The Balaban J connectivity index is 1.89. The largest absolute Gasteiger partial charge is 0.491 e. The molecule has 1 heterocycles. The number of para-hydroxylation sites is 1. The van der Waals surface area contributed by atoms with Crippen molar-refractivity contribution in [2.75, 3.05) is 26.2 Å². The summed E-state index contributed by atoms with van der Waals surface area (Å²) in [5.74, 6) is 0.864. The molecule has 1 aliphatic rings. The summed E-state index contributed by atoms with van der Waals surface area (Å²) in [6.45, 7) is 13.3. The molecule has 1 fully saturated rings. The number of nitrogens with zero attached hydrogens (tertiary/aromatic N) is 1. The summed E-state index contributed by atoms with van der Waals surface area (Å²) >= 11 is 0. The Labute approximate surface area is 140 Å². The first-order valence-electron chi connectivity index (χ1n) is 8.54. The molecule has 3 atom stereocenters. The van der Waals surface area contributed by atoms with Crippen LogP contribution in [0.15, 0.2) is 24.3 Å². The first kappa shape index (κ1) is 18.2. The fourth-order valence-corrected chi connectivity index (χ4v) is 3.18. The van der Waals surface area contributed by atoms with Gasteiger partial charge in [-0.15, -0.1) is 0 Å². The zero-order valence-corrected chi connectivity index (χ0v) is 15.1. The van der Waals surface area contributed by atoms with Crippen LogP contribution in [0.4, 0.5) is 0 Å². The average Bonchev–Trinajstić information content (AvgIpc) is 2.43. The summed E-state index contributed by atoms with van der Waals surface area (Å²) in [5.41, 5.74) is 1.19. The van der Waals surface area contributed by atoms with Crippen LogP contribution >= 0.6 is 0 Å². The first-order valence-corrected chi connectivity index (χ1v) is 8.54. The van der Waals surface area contributed by atoms with Crippen LogP contribution in [0.25, 0.3) is 0 Å². The van der Waals surface area contributed by atoms with Gasteiger partial charge in [-0.1, -0.05) is 39.0 Å². The summed E-state index contributed by atoms with van der Waals surface area (Å²) in [5, 5.41) is 10.3. The lowest BCUT2D eigenvalue weighted by Crippen LogP contribution is -2.48. The van der Waals surface area contributed by atoms with Gasteiger partial charge in [0.1, 0.15) is 18.5 Å². The lowest BCUT2D eigenvalue weighted by atomic mass is 9.86. The van der Waals surface area contributed by atoms with E-state index < -0.39 is 6.10 Å². The van der Waals surface area contributed by atoms with Crippen LogP contribution in [0, 0.1) is 0 Å². The highest BCUT2D eigenvalue weighted by molar-refractivity contribution is 5.38. The second-order valence-electron chi connectivity index (χ2n) is 7.69. The van der Waals surface area contributed by atoms with Crippen LogP contribution < -0.4 is 4.74 Å². The van der Waals surface area contributed by atoms with Crippen LogP contribution in [-0.4, -0.2) is 54.6 Å². The molecular weight excluding hydrogens is 290 g/mol. The predicted octanol–water partition coefficient (Wildman–Crippen LogP) is 2.83. The van der Waals surface area contributed by atoms with Gasteiger partial charge in [0, 0.05) is 19.6 Å². The van der Waals surface area contributed by atoms with Gasteiger partial charge >= 0.3 is 0 Å².